The molecular formula is C3H6O+. The zero-order valence-corrected chi connectivity index (χ0v) is 2.53. The predicted octanol–water partition coefficient (Wildman–Crippen LogP) is 0.185. The highest BCUT2D eigenvalue weighted by molar-refractivity contribution is 5.12. The van der Waals surface area contributed by atoms with Crippen LogP contribution < -0.4 is 0 Å². The SMILES string of the molecule is [CH2]C[O+]=C. The van der Waals surface area contributed by atoms with Gasteiger partial charge in [0.2, 0.25) is 0 Å². The molecule has 0 spiro atoms. The second kappa shape index (κ2) is 2.67. The zero-order valence-electron chi connectivity index (χ0n) is 2.53. The summed E-state index contributed by atoms with van der Waals surface area (Å²) in [6.07, 6.45) is 0. The molecule has 1 heteroatoms. The first-order valence-electron chi connectivity index (χ1n) is 1.08. The van der Waals surface area contributed by atoms with Gasteiger partial charge in [0.25, 0.3) is 13.4 Å². The molecule has 0 aromatic carbocycles. The summed E-state index contributed by atoms with van der Waals surface area (Å²) in [4.78, 5) is 0. The molecule has 0 aromatic heterocycles. The van der Waals surface area contributed by atoms with Crippen molar-refractivity contribution in [3.8, 4) is 0 Å². The summed E-state index contributed by atoms with van der Waals surface area (Å²) in [5, 5.41) is 0. The van der Waals surface area contributed by atoms with Crippen LogP contribution in [0.1, 0.15) is 0 Å². The van der Waals surface area contributed by atoms with Gasteiger partial charge in [-0.1, -0.05) is 0 Å². The van der Waals surface area contributed by atoms with Gasteiger partial charge in [-0.25, -0.2) is 0 Å². The van der Waals surface area contributed by atoms with Crippen LogP contribution in [0.25, 0.3) is 0 Å². The van der Waals surface area contributed by atoms with Gasteiger partial charge in [-0.3, -0.25) is 4.42 Å². The first-order chi connectivity index (χ1) is 1.91. The average Bonchev–Trinajstić information content (AvgIpc) is 1.37. The van der Waals surface area contributed by atoms with Crippen LogP contribution in [-0.2, 0) is 4.42 Å². The third-order valence-electron chi connectivity index (χ3n) is 0.144. The third-order valence-corrected chi connectivity index (χ3v) is 0.144. The molecule has 23 valence electrons. The van der Waals surface area contributed by atoms with E-state index >= 15 is 0 Å². The summed E-state index contributed by atoms with van der Waals surface area (Å²) in [6, 6.07) is 0. The van der Waals surface area contributed by atoms with E-state index in [2.05, 4.69) is 18.1 Å². The van der Waals surface area contributed by atoms with Gasteiger partial charge in [-0.15, -0.1) is 0 Å². The molecule has 0 amide bonds. The quantitative estimate of drug-likeness (QED) is 0.381. The number of rotatable bonds is 1. The molecule has 0 atom stereocenters. The van der Waals surface area contributed by atoms with Gasteiger partial charge < -0.3 is 0 Å². The van der Waals surface area contributed by atoms with E-state index < -0.39 is 0 Å². The molecule has 0 fully saturated rings. The molecule has 0 aliphatic heterocycles. The number of carbonyl (C=O) groups excluding carboxylic acids is 1. The molecule has 0 saturated carbocycles. The second-order valence-corrected chi connectivity index (χ2v) is 0.408. The van der Waals surface area contributed by atoms with Crippen molar-refractivity contribution in [3.05, 3.63) is 6.92 Å². The van der Waals surface area contributed by atoms with Gasteiger partial charge in [0.05, 0.1) is 0 Å². The molecule has 0 aromatic rings. The van der Waals surface area contributed by atoms with Crippen LogP contribution in [0.3, 0.4) is 0 Å². The Morgan fingerprint density at radius 2 is 2.00 bits per heavy atom. The highest BCUT2D eigenvalue weighted by Gasteiger charge is 1.59. The van der Waals surface area contributed by atoms with Crippen molar-refractivity contribution in [2.24, 2.45) is 0 Å². The topological polar surface area (TPSA) is 11.3 Å². The highest BCUT2D eigenvalue weighted by Crippen LogP contribution is 1.38. The van der Waals surface area contributed by atoms with Crippen LogP contribution in [0, 0.1) is 6.92 Å². The van der Waals surface area contributed by atoms with Crippen molar-refractivity contribution in [2.45, 2.75) is 0 Å². The third kappa shape index (κ3) is 1.67. The van der Waals surface area contributed by atoms with Crippen LogP contribution in [0.2, 0.25) is 0 Å². The minimum absolute atomic E-state index is 0.458. The van der Waals surface area contributed by atoms with Crippen LogP contribution >= 0.6 is 0 Å². The Morgan fingerprint density at radius 3 is 2.00 bits per heavy atom. The first-order valence-corrected chi connectivity index (χ1v) is 1.08. The van der Waals surface area contributed by atoms with E-state index in [1.54, 1.807) is 0 Å². The van der Waals surface area contributed by atoms with E-state index in [9.17, 15) is 0 Å². The van der Waals surface area contributed by atoms with E-state index in [0.717, 1.165) is 0 Å². The smallest absolute Gasteiger partial charge is 0.270 e. The minimum Gasteiger partial charge on any atom is -0.270 e. The maximum absolute atomic E-state index is 4.18. The largest absolute Gasteiger partial charge is 0.273 e. The summed E-state index contributed by atoms with van der Waals surface area (Å²) in [5.41, 5.74) is 0. The van der Waals surface area contributed by atoms with E-state index in [-0.39, 0.29) is 0 Å². The summed E-state index contributed by atoms with van der Waals surface area (Å²) in [5.74, 6) is 0. The standard InChI is InChI=1S/C3H6O/c1-3-4-2/h1-3H2/q+1. The Hall–Kier alpha value is -0.330. The molecule has 0 bridgehead atoms. The Labute approximate surface area is 25.9 Å². The molecule has 0 aliphatic carbocycles. The van der Waals surface area contributed by atoms with Gasteiger partial charge in [-0.05, 0) is 0 Å². The Kier molecular flexibility index (Phi) is 2.45. The lowest BCUT2D eigenvalue weighted by Gasteiger charge is -1.48. The van der Waals surface area contributed by atoms with Crippen molar-refractivity contribution >= 4 is 6.79 Å². The summed E-state index contributed by atoms with van der Waals surface area (Å²) in [6.45, 7) is 6.82. The van der Waals surface area contributed by atoms with Crippen LogP contribution in [0.5, 0.6) is 0 Å². The molecule has 4 heavy (non-hydrogen) atoms. The normalized spacial score (nSPS) is 6.25. The first kappa shape index (κ1) is 3.67. The van der Waals surface area contributed by atoms with Gasteiger partial charge in [-0.2, -0.15) is 0 Å². The summed E-state index contributed by atoms with van der Waals surface area (Å²) in [7, 11) is 0. The lowest BCUT2D eigenvalue weighted by molar-refractivity contribution is -0.435. The molecule has 0 heterocycles. The van der Waals surface area contributed by atoms with E-state index in [0.29, 0.717) is 6.61 Å². The van der Waals surface area contributed by atoms with E-state index in [1.807, 2.05) is 0 Å². The van der Waals surface area contributed by atoms with Gasteiger partial charge >= 0.3 is 0 Å². The number of hydrogen-bond donors (Lipinski definition) is 0. The monoisotopic (exact) mass is 58.0 g/mol. The molecular weight excluding hydrogens is 52.0 g/mol. The van der Waals surface area contributed by atoms with Gasteiger partial charge in [0.15, 0.2) is 0 Å². The molecule has 1 radical (unpaired) electrons. The fourth-order valence-electron chi connectivity index (χ4n) is 0. The average molecular weight is 58.1 g/mol. The lowest BCUT2D eigenvalue weighted by atomic mass is 10.9. The molecule has 0 saturated heterocycles. The molecule has 1 nitrogen and oxygen atoms in total. The maximum atomic E-state index is 4.18. The van der Waals surface area contributed by atoms with E-state index in [4.69, 9.17) is 0 Å². The molecule has 0 aliphatic rings. The summed E-state index contributed by atoms with van der Waals surface area (Å²) < 4.78 is 4.18. The van der Waals surface area contributed by atoms with Crippen LogP contribution in [-0.4, -0.2) is 13.4 Å². The second-order valence-electron chi connectivity index (χ2n) is 0.408. The maximum Gasteiger partial charge on any atom is 0.273 e. The van der Waals surface area contributed by atoms with Gasteiger partial charge in [0.1, 0.15) is 0 Å². The molecule has 0 rings (SSSR count). The zero-order chi connectivity index (χ0) is 3.41. The van der Waals surface area contributed by atoms with Crippen LogP contribution in [0.15, 0.2) is 0 Å². The molecule has 0 N–H and O–H groups in total. The van der Waals surface area contributed by atoms with Crippen molar-refractivity contribution < 1.29 is 4.42 Å². The Morgan fingerprint density at radius 1 is 1.75 bits per heavy atom. The predicted molar refractivity (Wildman–Crippen MR) is 17.3 cm³/mol. The van der Waals surface area contributed by atoms with Gasteiger partial charge in [0, 0.05) is 6.92 Å². The lowest BCUT2D eigenvalue weighted by Crippen LogP contribution is -1.66. The Balaban J connectivity index is 2.30. The van der Waals surface area contributed by atoms with E-state index in [1.165, 1.54) is 0 Å². The van der Waals surface area contributed by atoms with Crippen molar-refractivity contribution in [1.29, 1.82) is 0 Å². The fraction of sp³-hybridized carbons (Fsp3) is 0.333. The van der Waals surface area contributed by atoms with Crippen molar-refractivity contribution in [1.82, 2.24) is 0 Å². The highest BCUT2D eigenvalue weighted by atomic mass is 16.4. The fourth-order valence-corrected chi connectivity index (χ4v) is 0. The van der Waals surface area contributed by atoms with Crippen molar-refractivity contribution in [3.63, 3.8) is 0 Å². The number of hydrogen-bond acceptors (Lipinski definition) is 0. The van der Waals surface area contributed by atoms with Crippen LogP contribution in [0.4, 0.5) is 0 Å². The van der Waals surface area contributed by atoms with Crippen molar-refractivity contribution in [2.75, 3.05) is 6.61 Å². The minimum atomic E-state index is 0.458. The Bertz CT molecular complexity index is 17.2. The summed E-state index contributed by atoms with van der Waals surface area (Å²) >= 11 is 0. The molecule has 0 unspecified atom stereocenters.